The number of nitrogens with one attached hydrogen (secondary N) is 1. The highest BCUT2D eigenvalue weighted by Gasteiger charge is 2.08. The second kappa shape index (κ2) is 5.47. The monoisotopic (exact) mass is 267 g/mol. The summed E-state index contributed by atoms with van der Waals surface area (Å²) in [5.74, 6) is 1.60. The van der Waals surface area contributed by atoms with Crippen molar-refractivity contribution in [1.82, 2.24) is 9.97 Å². The van der Waals surface area contributed by atoms with E-state index in [1.54, 1.807) is 11.3 Å². The normalized spacial score (nSPS) is 10.5. The van der Waals surface area contributed by atoms with Gasteiger partial charge in [0.1, 0.15) is 16.8 Å². The molecule has 0 spiro atoms. The molecule has 0 aliphatic heterocycles. The molecule has 0 aromatic carbocycles. The van der Waals surface area contributed by atoms with Crippen molar-refractivity contribution < 1.29 is 0 Å². The van der Waals surface area contributed by atoms with Gasteiger partial charge in [-0.25, -0.2) is 9.97 Å². The maximum atomic E-state index is 6.07. The van der Waals surface area contributed by atoms with Crippen LogP contribution in [0.15, 0.2) is 16.8 Å². The first-order valence-electron chi connectivity index (χ1n) is 5.48. The molecule has 0 atom stereocenters. The van der Waals surface area contributed by atoms with Gasteiger partial charge in [-0.2, -0.15) is 11.3 Å². The van der Waals surface area contributed by atoms with Gasteiger partial charge in [-0.05, 0) is 29.3 Å². The number of aryl methyl sites for hydroxylation is 1. The molecular formula is C12H14ClN3S. The molecule has 3 nitrogen and oxygen atoms in total. The third kappa shape index (κ3) is 2.96. The van der Waals surface area contributed by atoms with Crippen LogP contribution in [0.4, 0.5) is 5.82 Å². The lowest BCUT2D eigenvalue weighted by Crippen LogP contribution is -2.06. The van der Waals surface area contributed by atoms with Gasteiger partial charge >= 0.3 is 0 Å². The van der Waals surface area contributed by atoms with Crippen molar-refractivity contribution in [3.8, 4) is 0 Å². The number of hydrogen-bond donors (Lipinski definition) is 1. The smallest absolute Gasteiger partial charge is 0.137 e. The molecule has 0 saturated heterocycles. The molecule has 0 fully saturated rings. The quantitative estimate of drug-likeness (QED) is 0.859. The summed E-state index contributed by atoms with van der Waals surface area (Å²) in [5.41, 5.74) is 2.15. The number of thiophene rings is 1. The van der Waals surface area contributed by atoms with E-state index in [4.69, 9.17) is 11.6 Å². The second-order valence-corrected chi connectivity index (χ2v) is 4.88. The standard InChI is InChI=1S/C12H14ClN3S/c1-3-10-15-11(13)8(2)12(16-10)14-6-9-4-5-17-7-9/h4-5,7H,3,6H2,1-2H3,(H,14,15,16). The Labute approximate surface area is 110 Å². The summed E-state index contributed by atoms with van der Waals surface area (Å²) in [4.78, 5) is 8.66. The predicted molar refractivity (Wildman–Crippen MR) is 72.8 cm³/mol. The molecule has 0 bridgehead atoms. The maximum absolute atomic E-state index is 6.07. The fourth-order valence-electron chi connectivity index (χ4n) is 1.44. The fraction of sp³-hybridized carbons (Fsp3) is 0.333. The van der Waals surface area contributed by atoms with Crippen LogP contribution >= 0.6 is 22.9 Å². The van der Waals surface area contributed by atoms with Gasteiger partial charge in [0.25, 0.3) is 0 Å². The lowest BCUT2D eigenvalue weighted by atomic mass is 10.3. The minimum absolute atomic E-state index is 0.532. The molecule has 17 heavy (non-hydrogen) atoms. The second-order valence-electron chi connectivity index (χ2n) is 3.74. The van der Waals surface area contributed by atoms with E-state index >= 15 is 0 Å². The molecular weight excluding hydrogens is 254 g/mol. The average molecular weight is 268 g/mol. The first kappa shape index (κ1) is 12.3. The first-order valence-corrected chi connectivity index (χ1v) is 6.80. The number of nitrogens with zero attached hydrogens (tertiary/aromatic N) is 2. The summed E-state index contributed by atoms with van der Waals surface area (Å²) >= 11 is 7.76. The van der Waals surface area contributed by atoms with Gasteiger partial charge in [-0.3, -0.25) is 0 Å². The molecule has 0 aliphatic rings. The zero-order chi connectivity index (χ0) is 12.3. The maximum Gasteiger partial charge on any atom is 0.137 e. The molecule has 0 radical (unpaired) electrons. The first-order chi connectivity index (χ1) is 8.20. The van der Waals surface area contributed by atoms with Crippen molar-refractivity contribution in [2.45, 2.75) is 26.8 Å². The summed E-state index contributed by atoms with van der Waals surface area (Å²) in [6, 6.07) is 2.09. The van der Waals surface area contributed by atoms with Crippen LogP contribution in [0.3, 0.4) is 0 Å². The number of halogens is 1. The Kier molecular flexibility index (Phi) is 3.97. The van der Waals surface area contributed by atoms with Gasteiger partial charge in [0.2, 0.25) is 0 Å². The Morgan fingerprint density at radius 2 is 2.24 bits per heavy atom. The summed E-state index contributed by atoms with van der Waals surface area (Å²) in [6.45, 7) is 4.71. The topological polar surface area (TPSA) is 37.8 Å². The van der Waals surface area contributed by atoms with Crippen LogP contribution in [0.2, 0.25) is 5.15 Å². The highest BCUT2D eigenvalue weighted by molar-refractivity contribution is 7.07. The summed E-state index contributed by atoms with van der Waals surface area (Å²) in [5, 5.41) is 8.01. The van der Waals surface area contributed by atoms with E-state index in [0.717, 1.165) is 30.2 Å². The lowest BCUT2D eigenvalue weighted by Gasteiger charge is -2.10. The van der Waals surface area contributed by atoms with Crippen LogP contribution in [0, 0.1) is 6.92 Å². The largest absolute Gasteiger partial charge is 0.366 e. The molecule has 0 amide bonds. The molecule has 0 saturated carbocycles. The van der Waals surface area contributed by atoms with Crippen molar-refractivity contribution in [1.29, 1.82) is 0 Å². The number of aromatic nitrogens is 2. The number of rotatable bonds is 4. The SMILES string of the molecule is CCc1nc(Cl)c(C)c(NCc2ccsc2)n1. The van der Waals surface area contributed by atoms with Crippen molar-refractivity contribution in [2.75, 3.05) is 5.32 Å². The van der Waals surface area contributed by atoms with E-state index in [2.05, 4.69) is 32.1 Å². The third-order valence-electron chi connectivity index (χ3n) is 2.49. The Balaban J connectivity index is 2.17. The van der Waals surface area contributed by atoms with Crippen LogP contribution in [0.5, 0.6) is 0 Å². The number of anilines is 1. The van der Waals surface area contributed by atoms with Crippen LogP contribution < -0.4 is 5.32 Å². The predicted octanol–water partition coefficient (Wildman–Crippen LogP) is 3.67. The average Bonchev–Trinajstić information content (AvgIpc) is 2.84. The highest BCUT2D eigenvalue weighted by atomic mass is 35.5. The fourth-order valence-corrected chi connectivity index (χ4v) is 2.30. The minimum Gasteiger partial charge on any atom is -0.366 e. The summed E-state index contributed by atoms with van der Waals surface area (Å²) in [7, 11) is 0. The Morgan fingerprint density at radius 3 is 2.88 bits per heavy atom. The van der Waals surface area contributed by atoms with Gasteiger partial charge in [-0.15, -0.1) is 0 Å². The molecule has 5 heteroatoms. The van der Waals surface area contributed by atoms with Crippen LogP contribution in [-0.4, -0.2) is 9.97 Å². The van der Waals surface area contributed by atoms with Crippen molar-refractivity contribution >= 4 is 28.8 Å². The molecule has 2 aromatic rings. The van der Waals surface area contributed by atoms with Crippen molar-refractivity contribution in [3.05, 3.63) is 38.9 Å². The Morgan fingerprint density at radius 1 is 1.41 bits per heavy atom. The van der Waals surface area contributed by atoms with E-state index in [0.29, 0.717) is 5.15 Å². The Bertz CT molecular complexity index is 497. The van der Waals surface area contributed by atoms with Crippen LogP contribution in [0.25, 0.3) is 0 Å². The van der Waals surface area contributed by atoms with Gasteiger partial charge in [-0.1, -0.05) is 18.5 Å². The van der Waals surface area contributed by atoms with E-state index < -0.39 is 0 Å². The zero-order valence-electron chi connectivity index (χ0n) is 9.83. The molecule has 0 unspecified atom stereocenters. The molecule has 1 N–H and O–H groups in total. The summed E-state index contributed by atoms with van der Waals surface area (Å²) < 4.78 is 0. The van der Waals surface area contributed by atoms with E-state index in [1.807, 2.05) is 13.8 Å². The molecule has 2 rings (SSSR count). The Hall–Kier alpha value is -1.13. The van der Waals surface area contributed by atoms with E-state index in [-0.39, 0.29) is 0 Å². The van der Waals surface area contributed by atoms with Crippen LogP contribution in [0.1, 0.15) is 23.9 Å². The highest BCUT2D eigenvalue weighted by Crippen LogP contribution is 2.20. The van der Waals surface area contributed by atoms with Crippen molar-refractivity contribution in [2.24, 2.45) is 0 Å². The van der Waals surface area contributed by atoms with E-state index in [9.17, 15) is 0 Å². The van der Waals surface area contributed by atoms with Gasteiger partial charge in [0.15, 0.2) is 0 Å². The van der Waals surface area contributed by atoms with Crippen LogP contribution in [-0.2, 0) is 13.0 Å². The zero-order valence-corrected chi connectivity index (χ0v) is 11.4. The molecule has 2 heterocycles. The molecule has 90 valence electrons. The summed E-state index contributed by atoms with van der Waals surface area (Å²) in [6.07, 6.45) is 0.785. The van der Waals surface area contributed by atoms with Gasteiger partial charge < -0.3 is 5.32 Å². The third-order valence-corrected chi connectivity index (χ3v) is 3.59. The van der Waals surface area contributed by atoms with Gasteiger partial charge in [0.05, 0.1) is 0 Å². The van der Waals surface area contributed by atoms with Crippen molar-refractivity contribution in [3.63, 3.8) is 0 Å². The molecule has 2 aromatic heterocycles. The number of hydrogen-bond acceptors (Lipinski definition) is 4. The molecule has 0 aliphatic carbocycles. The lowest BCUT2D eigenvalue weighted by molar-refractivity contribution is 0.923. The van der Waals surface area contributed by atoms with E-state index in [1.165, 1.54) is 5.56 Å². The van der Waals surface area contributed by atoms with Gasteiger partial charge in [0, 0.05) is 18.5 Å². The minimum atomic E-state index is 0.532.